The molecule has 0 bridgehead atoms. The zero-order chi connectivity index (χ0) is 30.5. The maximum absolute atomic E-state index is 6.76. The highest BCUT2D eigenvalue weighted by atomic mass is 16.3. The van der Waals surface area contributed by atoms with Gasteiger partial charge in [0.05, 0.1) is 11.1 Å². The van der Waals surface area contributed by atoms with Crippen molar-refractivity contribution in [1.82, 2.24) is 0 Å². The first-order chi connectivity index (χ1) is 22.8. The van der Waals surface area contributed by atoms with Crippen LogP contribution in [-0.2, 0) is 0 Å². The molecule has 0 saturated carbocycles. The molecular weight excluding hydrogens is 558 g/mol. The molecule has 0 N–H and O–H groups in total. The summed E-state index contributed by atoms with van der Waals surface area (Å²) in [5.41, 5.74) is 9.78. The van der Waals surface area contributed by atoms with Gasteiger partial charge in [0.15, 0.2) is 0 Å². The van der Waals surface area contributed by atoms with Crippen LogP contribution < -0.4 is 4.90 Å². The summed E-state index contributed by atoms with van der Waals surface area (Å²) in [5, 5.41) is 6.92. The maximum Gasteiger partial charge on any atom is 0.143 e. The normalized spacial score (nSPS) is 11.5. The quantitative estimate of drug-likeness (QED) is 0.199. The van der Waals surface area contributed by atoms with E-state index in [1.54, 1.807) is 0 Å². The van der Waals surface area contributed by atoms with Crippen molar-refractivity contribution in [3.05, 3.63) is 176 Å². The topological polar surface area (TPSA) is 16.4 Å². The number of furan rings is 1. The first kappa shape index (κ1) is 26.3. The average molecular weight is 588 g/mol. The molecule has 0 saturated heterocycles. The third kappa shape index (κ3) is 4.35. The fraction of sp³-hybridized carbons (Fsp3) is 0. The lowest BCUT2D eigenvalue weighted by Crippen LogP contribution is -2.10. The minimum atomic E-state index is 0.868. The van der Waals surface area contributed by atoms with Crippen molar-refractivity contribution in [3.8, 4) is 22.3 Å². The summed E-state index contributed by atoms with van der Waals surface area (Å²) < 4.78 is 6.76. The molecule has 0 amide bonds. The van der Waals surface area contributed by atoms with E-state index in [1.807, 2.05) is 0 Å². The zero-order valence-corrected chi connectivity index (χ0v) is 25.1. The molecule has 0 atom stereocenters. The van der Waals surface area contributed by atoms with Crippen molar-refractivity contribution >= 4 is 60.5 Å². The highest BCUT2D eigenvalue weighted by molar-refractivity contribution is 6.22. The molecule has 46 heavy (non-hydrogen) atoms. The second-order valence-electron chi connectivity index (χ2n) is 11.7. The molecule has 1 heterocycles. The van der Waals surface area contributed by atoms with Crippen LogP contribution in [0.15, 0.2) is 180 Å². The van der Waals surface area contributed by atoms with Crippen LogP contribution in [0.4, 0.5) is 17.1 Å². The van der Waals surface area contributed by atoms with E-state index in [9.17, 15) is 0 Å². The van der Waals surface area contributed by atoms with Gasteiger partial charge in [-0.2, -0.15) is 0 Å². The van der Waals surface area contributed by atoms with Crippen LogP contribution in [0.5, 0.6) is 0 Å². The molecular formula is C44H29NO. The van der Waals surface area contributed by atoms with Gasteiger partial charge in [-0.1, -0.05) is 133 Å². The standard InChI is InChI=1S/C44H29NO/c1-3-13-30(14-4-1)34-19-11-20-35(27-34)45(36-26-25-31-15-7-8-18-33(31)28-36)41-23-12-24-42-43(41)40-29-39(32-16-5-2-6-17-32)37-21-9-10-22-38(37)44(40)46-42/h1-29H. The molecule has 0 aliphatic heterocycles. The molecule has 1 aromatic heterocycles. The van der Waals surface area contributed by atoms with Crippen LogP contribution in [-0.4, -0.2) is 0 Å². The first-order valence-corrected chi connectivity index (χ1v) is 15.7. The van der Waals surface area contributed by atoms with Gasteiger partial charge >= 0.3 is 0 Å². The van der Waals surface area contributed by atoms with E-state index in [0.717, 1.165) is 44.4 Å². The van der Waals surface area contributed by atoms with E-state index in [2.05, 4.69) is 181 Å². The highest BCUT2D eigenvalue weighted by Gasteiger charge is 2.22. The van der Waals surface area contributed by atoms with E-state index in [1.165, 1.54) is 38.4 Å². The second kappa shape index (κ2) is 10.8. The van der Waals surface area contributed by atoms with Gasteiger partial charge in [0.2, 0.25) is 0 Å². The minimum absolute atomic E-state index is 0.868. The second-order valence-corrected chi connectivity index (χ2v) is 11.7. The molecule has 0 spiro atoms. The molecule has 9 aromatic rings. The summed E-state index contributed by atoms with van der Waals surface area (Å²) in [6.45, 7) is 0. The van der Waals surface area contributed by atoms with Crippen molar-refractivity contribution < 1.29 is 4.42 Å². The van der Waals surface area contributed by atoms with Gasteiger partial charge in [0.25, 0.3) is 0 Å². The molecule has 2 heteroatoms. The lowest BCUT2D eigenvalue weighted by atomic mass is 9.95. The Morgan fingerprint density at radius 3 is 1.87 bits per heavy atom. The number of anilines is 3. The predicted molar refractivity (Wildman–Crippen MR) is 194 cm³/mol. The molecule has 2 nitrogen and oxygen atoms in total. The van der Waals surface area contributed by atoms with Crippen LogP contribution in [0.2, 0.25) is 0 Å². The highest BCUT2D eigenvalue weighted by Crippen LogP contribution is 2.46. The Morgan fingerprint density at radius 1 is 0.391 bits per heavy atom. The zero-order valence-electron chi connectivity index (χ0n) is 25.1. The van der Waals surface area contributed by atoms with Crippen LogP contribution in [0.25, 0.3) is 65.7 Å². The number of benzene rings is 8. The average Bonchev–Trinajstić information content (AvgIpc) is 3.52. The fourth-order valence-electron chi connectivity index (χ4n) is 6.87. The van der Waals surface area contributed by atoms with E-state index in [0.29, 0.717) is 0 Å². The Morgan fingerprint density at radius 2 is 1.04 bits per heavy atom. The lowest BCUT2D eigenvalue weighted by Gasteiger charge is -2.27. The Kier molecular flexibility index (Phi) is 6.17. The number of hydrogen-bond acceptors (Lipinski definition) is 2. The monoisotopic (exact) mass is 587 g/mol. The Balaban J connectivity index is 1.36. The van der Waals surface area contributed by atoms with Crippen molar-refractivity contribution in [2.75, 3.05) is 4.90 Å². The number of nitrogens with zero attached hydrogens (tertiary/aromatic N) is 1. The van der Waals surface area contributed by atoms with E-state index in [4.69, 9.17) is 4.42 Å². The van der Waals surface area contributed by atoms with E-state index >= 15 is 0 Å². The Labute approximate surface area is 267 Å². The van der Waals surface area contributed by atoms with Crippen molar-refractivity contribution in [3.63, 3.8) is 0 Å². The minimum Gasteiger partial charge on any atom is -0.455 e. The SMILES string of the molecule is c1ccc(-c2cccc(N(c3ccc4ccccc4c3)c3cccc4oc5c6ccccc6c(-c6ccccc6)cc5c34)c2)cc1. The van der Waals surface area contributed by atoms with Crippen molar-refractivity contribution in [1.29, 1.82) is 0 Å². The summed E-state index contributed by atoms with van der Waals surface area (Å²) >= 11 is 0. The summed E-state index contributed by atoms with van der Waals surface area (Å²) in [4.78, 5) is 2.38. The molecule has 0 unspecified atom stereocenters. The smallest absolute Gasteiger partial charge is 0.143 e. The Bertz CT molecular complexity index is 2530. The van der Waals surface area contributed by atoms with Gasteiger partial charge in [0, 0.05) is 22.1 Å². The predicted octanol–water partition coefficient (Wildman–Crippen LogP) is 12.7. The summed E-state index contributed by atoms with van der Waals surface area (Å²) in [6.07, 6.45) is 0. The molecule has 0 aliphatic rings. The number of rotatable bonds is 5. The lowest BCUT2D eigenvalue weighted by molar-refractivity contribution is 0.672. The van der Waals surface area contributed by atoms with Gasteiger partial charge in [-0.05, 0) is 80.9 Å². The number of hydrogen-bond donors (Lipinski definition) is 0. The molecule has 8 aromatic carbocycles. The third-order valence-electron chi connectivity index (χ3n) is 9.01. The van der Waals surface area contributed by atoms with Crippen molar-refractivity contribution in [2.24, 2.45) is 0 Å². The molecule has 0 aliphatic carbocycles. The van der Waals surface area contributed by atoms with Crippen LogP contribution in [0, 0.1) is 0 Å². The van der Waals surface area contributed by atoms with Crippen LogP contribution in [0.1, 0.15) is 0 Å². The number of fused-ring (bicyclic) bond motifs is 6. The molecule has 9 rings (SSSR count). The van der Waals surface area contributed by atoms with Crippen molar-refractivity contribution in [2.45, 2.75) is 0 Å². The van der Waals surface area contributed by atoms with Crippen LogP contribution >= 0.6 is 0 Å². The van der Waals surface area contributed by atoms with E-state index < -0.39 is 0 Å². The van der Waals surface area contributed by atoms with Gasteiger partial charge in [0.1, 0.15) is 11.2 Å². The largest absolute Gasteiger partial charge is 0.455 e. The van der Waals surface area contributed by atoms with Gasteiger partial charge in [-0.15, -0.1) is 0 Å². The fourth-order valence-corrected chi connectivity index (χ4v) is 6.87. The molecule has 0 fully saturated rings. The maximum atomic E-state index is 6.76. The third-order valence-corrected chi connectivity index (χ3v) is 9.01. The molecule has 216 valence electrons. The summed E-state index contributed by atoms with van der Waals surface area (Å²) in [6, 6.07) is 62.7. The molecule has 0 radical (unpaired) electrons. The van der Waals surface area contributed by atoms with Gasteiger partial charge in [-0.25, -0.2) is 0 Å². The van der Waals surface area contributed by atoms with Gasteiger partial charge < -0.3 is 9.32 Å². The summed E-state index contributed by atoms with van der Waals surface area (Å²) in [7, 11) is 0. The van der Waals surface area contributed by atoms with E-state index in [-0.39, 0.29) is 0 Å². The Hall–Kier alpha value is -6.12. The first-order valence-electron chi connectivity index (χ1n) is 15.7. The van der Waals surface area contributed by atoms with Gasteiger partial charge in [-0.3, -0.25) is 0 Å². The van der Waals surface area contributed by atoms with Crippen LogP contribution in [0.3, 0.4) is 0 Å². The summed E-state index contributed by atoms with van der Waals surface area (Å²) in [5.74, 6) is 0.